The minimum absolute atomic E-state index is 0.244. The molecule has 2 aliphatic heterocycles. The van der Waals surface area contributed by atoms with Crippen molar-refractivity contribution >= 4 is 5.91 Å². The minimum Gasteiger partial charge on any atom is -0.335 e. The molecule has 2 rings (SSSR count). The third-order valence-electron chi connectivity index (χ3n) is 4.75. The third kappa shape index (κ3) is 2.10. The summed E-state index contributed by atoms with van der Waals surface area (Å²) in [5.41, 5.74) is -0.244. The lowest BCUT2D eigenvalue weighted by Crippen LogP contribution is -2.57. The predicted octanol–water partition coefficient (Wildman–Crippen LogP) is 2.31. The molecule has 98 valence electrons. The van der Waals surface area contributed by atoms with E-state index in [1.807, 2.05) is 0 Å². The maximum absolute atomic E-state index is 12.8. The first kappa shape index (κ1) is 12.9. The molecule has 2 aliphatic rings. The zero-order valence-corrected chi connectivity index (χ0v) is 11.5. The Balaban J connectivity index is 2.17. The van der Waals surface area contributed by atoms with Gasteiger partial charge < -0.3 is 10.2 Å². The average Bonchev–Trinajstić information content (AvgIpc) is 2.95. The molecule has 2 saturated heterocycles. The summed E-state index contributed by atoms with van der Waals surface area (Å²) in [5.74, 6) is 0.370. The number of carbonyl (C=O) groups excluding carboxylic acids is 1. The summed E-state index contributed by atoms with van der Waals surface area (Å²) in [4.78, 5) is 15.0. The highest BCUT2D eigenvalue weighted by atomic mass is 16.2. The van der Waals surface area contributed by atoms with Gasteiger partial charge in [0.05, 0.1) is 5.54 Å². The van der Waals surface area contributed by atoms with Crippen LogP contribution in [-0.4, -0.2) is 35.0 Å². The van der Waals surface area contributed by atoms with E-state index in [1.54, 1.807) is 0 Å². The van der Waals surface area contributed by atoms with Crippen LogP contribution in [0, 0.1) is 0 Å². The maximum Gasteiger partial charge on any atom is 0.243 e. The van der Waals surface area contributed by atoms with E-state index in [-0.39, 0.29) is 5.54 Å². The highest BCUT2D eigenvalue weighted by Crippen LogP contribution is 2.33. The molecule has 0 saturated carbocycles. The maximum atomic E-state index is 12.8. The van der Waals surface area contributed by atoms with E-state index in [9.17, 15) is 4.79 Å². The SMILES string of the molecule is CCC1CCC(C)N1C(=O)C1(CC)CCCN1. The Hall–Kier alpha value is -0.570. The van der Waals surface area contributed by atoms with E-state index >= 15 is 0 Å². The molecule has 0 radical (unpaired) electrons. The Morgan fingerprint density at radius 1 is 1.41 bits per heavy atom. The Bertz CT molecular complexity index is 284. The van der Waals surface area contributed by atoms with Crippen LogP contribution in [0.3, 0.4) is 0 Å². The first-order valence-corrected chi connectivity index (χ1v) is 7.22. The van der Waals surface area contributed by atoms with Crippen LogP contribution in [0.25, 0.3) is 0 Å². The van der Waals surface area contributed by atoms with Gasteiger partial charge in [-0.25, -0.2) is 0 Å². The summed E-state index contributed by atoms with van der Waals surface area (Å²) in [6.07, 6.45) is 6.52. The fourth-order valence-electron chi connectivity index (χ4n) is 3.53. The molecule has 0 aromatic heterocycles. The smallest absolute Gasteiger partial charge is 0.243 e. The summed E-state index contributed by atoms with van der Waals surface area (Å²) < 4.78 is 0. The van der Waals surface area contributed by atoms with Crippen molar-refractivity contribution in [2.45, 2.75) is 76.9 Å². The third-order valence-corrected chi connectivity index (χ3v) is 4.75. The van der Waals surface area contributed by atoms with Crippen molar-refractivity contribution < 1.29 is 4.79 Å². The Labute approximate surface area is 105 Å². The first-order valence-electron chi connectivity index (χ1n) is 7.22. The number of amides is 1. The van der Waals surface area contributed by atoms with Crippen LogP contribution in [0.2, 0.25) is 0 Å². The van der Waals surface area contributed by atoms with E-state index in [1.165, 1.54) is 12.8 Å². The molecule has 0 aromatic rings. The fourth-order valence-corrected chi connectivity index (χ4v) is 3.53. The van der Waals surface area contributed by atoms with Crippen molar-refractivity contribution in [3.8, 4) is 0 Å². The highest BCUT2D eigenvalue weighted by Gasteiger charge is 2.46. The van der Waals surface area contributed by atoms with E-state index in [2.05, 4.69) is 31.0 Å². The van der Waals surface area contributed by atoms with Gasteiger partial charge in [-0.3, -0.25) is 4.79 Å². The lowest BCUT2D eigenvalue weighted by molar-refractivity contribution is -0.140. The second-order valence-electron chi connectivity index (χ2n) is 5.67. The van der Waals surface area contributed by atoms with Crippen molar-refractivity contribution in [2.24, 2.45) is 0 Å². The largest absolute Gasteiger partial charge is 0.335 e. The number of nitrogens with one attached hydrogen (secondary N) is 1. The molecule has 2 heterocycles. The van der Waals surface area contributed by atoms with Gasteiger partial charge in [-0.2, -0.15) is 0 Å². The molecular formula is C14H26N2O. The van der Waals surface area contributed by atoms with Crippen molar-refractivity contribution in [1.82, 2.24) is 10.2 Å². The van der Waals surface area contributed by atoms with Gasteiger partial charge in [0.2, 0.25) is 5.91 Å². The van der Waals surface area contributed by atoms with Crippen molar-refractivity contribution in [3.63, 3.8) is 0 Å². The van der Waals surface area contributed by atoms with E-state index in [4.69, 9.17) is 0 Å². The Kier molecular flexibility index (Phi) is 3.76. The van der Waals surface area contributed by atoms with Gasteiger partial charge in [-0.05, 0) is 52.0 Å². The van der Waals surface area contributed by atoms with E-state index < -0.39 is 0 Å². The summed E-state index contributed by atoms with van der Waals surface area (Å²) in [6.45, 7) is 7.53. The zero-order valence-electron chi connectivity index (χ0n) is 11.5. The Morgan fingerprint density at radius 3 is 2.71 bits per heavy atom. The molecule has 1 N–H and O–H groups in total. The number of carbonyl (C=O) groups is 1. The van der Waals surface area contributed by atoms with Gasteiger partial charge in [0.25, 0.3) is 0 Å². The molecule has 3 atom stereocenters. The summed E-state index contributed by atoms with van der Waals surface area (Å²) in [6, 6.07) is 0.904. The fraction of sp³-hybridized carbons (Fsp3) is 0.929. The highest BCUT2D eigenvalue weighted by molar-refractivity contribution is 5.87. The van der Waals surface area contributed by atoms with Gasteiger partial charge in [0.1, 0.15) is 0 Å². The summed E-state index contributed by atoms with van der Waals surface area (Å²) >= 11 is 0. The molecule has 0 bridgehead atoms. The number of hydrogen-bond acceptors (Lipinski definition) is 2. The van der Waals surface area contributed by atoms with Crippen LogP contribution in [0.4, 0.5) is 0 Å². The van der Waals surface area contributed by atoms with Gasteiger partial charge >= 0.3 is 0 Å². The quantitative estimate of drug-likeness (QED) is 0.818. The van der Waals surface area contributed by atoms with Crippen molar-refractivity contribution in [2.75, 3.05) is 6.54 Å². The normalized spacial score (nSPS) is 37.7. The van der Waals surface area contributed by atoms with Crippen LogP contribution in [0.1, 0.15) is 59.3 Å². The number of likely N-dealkylation sites (tertiary alicyclic amines) is 1. The molecule has 3 nitrogen and oxygen atoms in total. The van der Waals surface area contributed by atoms with Crippen LogP contribution in [0.5, 0.6) is 0 Å². The predicted molar refractivity (Wildman–Crippen MR) is 69.9 cm³/mol. The zero-order chi connectivity index (χ0) is 12.5. The lowest BCUT2D eigenvalue weighted by atomic mass is 9.91. The molecule has 2 fully saturated rings. The minimum atomic E-state index is -0.244. The molecule has 1 amide bonds. The van der Waals surface area contributed by atoms with Gasteiger partial charge in [0, 0.05) is 12.1 Å². The summed E-state index contributed by atoms with van der Waals surface area (Å²) in [5, 5.41) is 3.47. The van der Waals surface area contributed by atoms with Crippen LogP contribution < -0.4 is 5.32 Å². The second-order valence-corrected chi connectivity index (χ2v) is 5.67. The summed E-state index contributed by atoms with van der Waals surface area (Å²) in [7, 11) is 0. The van der Waals surface area contributed by atoms with Crippen LogP contribution >= 0.6 is 0 Å². The Morgan fingerprint density at radius 2 is 2.18 bits per heavy atom. The van der Waals surface area contributed by atoms with Crippen LogP contribution in [-0.2, 0) is 4.79 Å². The molecule has 0 spiro atoms. The lowest BCUT2D eigenvalue weighted by Gasteiger charge is -2.37. The molecular weight excluding hydrogens is 212 g/mol. The van der Waals surface area contributed by atoms with Gasteiger partial charge in [-0.1, -0.05) is 13.8 Å². The van der Waals surface area contributed by atoms with E-state index in [0.29, 0.717) is 18.0 Å². The van der Waals surface area contributed by atoms with E-state index in [0.717, 1.165) is 32.2 Å². The standard InChI is InChI=1S/C14H26N2O/c1-4-12-8-7-11(3)16(12)13(17)14(5-2)9-6-10-15-14/h11-12,15H,4-10H2,1-3H3. The monoisotopic (exact) mass is 238 g/mol. The first-order chi connectivity index (χ1) is 8.14. The van der Waals surface area contributed by atoms with Crippen molar-refractivity contribution in [3.05, 3.63) is 0 Å². The number of hydrogen-bond donors (Lipinski definition) is 1. The van der Waals surface area contributed by atoms with Crippen molar-refractivity contribution in [1.29, 1.82) is 0 Å². The topological polar surface area (TPSA) is 32.3 Å². The molecule has 3 heteroatoms. The average molecular weight is 238 g/mol. The molecule has 0 aliphatic carbocycles. The number of rotatable bonds is 3. The molecule has 3 unspecified atom stereocenters. The number of nitrogens with zero attached hydrogens (tertiary/aromatic N) is 1. The second kappa shape index (κ2) is 4.97. The van der Waals surface area contributed by atoms with Gasteiger partial charge in [-0.15, -0.1) is 0 Å². The van der Waals surface area contributed by atoms with Crippen LogP contribution in [0.15, 0.2) is 0 Å². The molecule has 0 aromatic carbocycles. The molecule has 17 heavy (non-hydrogen) atoms. The van der Waals surface area contributed by atoms with Gasteiger partial charge in [0.15, 0.2) is 0 Å².